The van der Waals surface area contributed by atoms with Gasteiger partial charge in [-0.2, -0.15) is 0 Å². The Morgan fingerprint density at radius 2 is 2.32 bits per heavy atom. The summed E-state index contributed by atoms with van der Waals surface area (Å²) < 4.78 is 1.20. The van der Waals surface area contributed by atoms with Crippen LogP contribution in [-0.2, 0) is 0 Å². The molecule has 0 saturated heterocycles. The van der Waals surface area contributed by atoms with Crippen molar-refractivity contribution in [2.75, 3.05) is 11.9 Å². The molecular weight excluding hydrogens is 276 g/mol. The Balaban J connectivity index is 1.74. The molecule has 1 N–H and O–H groups in total. The molecule has 0 radical (unpaired) electrons. The van der Waals surface area contributed by atoms with Crippen molar-refractivity contribution in [2.45, 2.75) is 32.6 Å². The van der Waals surface area contributed by atoms with Crippen LogP contribution in [0.15, 0.2) is 17.6 Å². The van der Waals surface area contributed by atoms with Crippen molar-refractivity contribution in [2.24, 2.45) is 11.8 Å². The summed E-state index contributed by atoms with van der Waals surface area (Å²) >= 11 is 7.97. The zero-order chi connectivity index (χ0) is 13.2. The number of fused-ring (bicyclic) bond motifs is 1. The van der Waals surface area contributed by atoms with Crippen molar-refractivity contribution in [3.63, 3.8) is 0 Å². The van der Waals surface area contributed by atoms with Crippen LogP contribution in [0.1, 0.15) is 32.6 Å². The van der Waals surface area contributed by atoms with Gasteiger partial charge >= 0.3 is 0 Å². The summed E-state index contributed by atoms with van der Waals surface area (Å²) in [5.41, 5.74) is 3.91. The lowest BCUT2D eigenvalue weighted by atomic mass is 9.82. The number of anilines is 1. The fraction of sp³-hybridized carbons (Fsp3) is 0.533. The average Bonchev–Trinajstić information content (AvgIpc) is 2.86. The van der Waals surface area contributed by atoms with Gasteiger partial charge in [-0.05, 0) is 36.8 Å². The first-order chi connectivity index (χ1) is 9.24. The summed E-state index contributed by atoms with van der Waals surface area (Å²) in [6.07, 6.45) is 5.42. The molecule has 1 aromatic heterocycles. The molecule has 19 heavy (non-hydrogen) atoms. The van der Waals surface area contributed by atoms with Gasteiger partial charge in [0.2, 0.25) is 0 Å². The van der Waals surface area contributed by atoms with E-state index in [1.54, 1.807) is 11.3 Å². The molecule has 1 fully saturated rings. The summed E-state index contributed by atoms with van der Waals surface area (Å²) in [5.74, 6) is 1.64. The molecule has 0 spiro atoms. The number of hydrogen-bond acceptors (Lipinski definition) is 3. The minimum atomic E-state index is 0.772. The van der Waals surface area contributed by atoms with Gasteiger partial charge in [-0.25, -0.2) is 4.98 Å². The van der Waals surface area contributed by atoms with E-state index in [4.69, 9.17) is 11.6 Å². The van der Waals surface area contributed by atoms with E-state index >= 15 is 0 Å². The van der Waals surface area contributed by atoms with E-state index in [2.05, 4.69) is 17.2 Å². The zero-order valence-electron chi connectivity index (χ0n) is 11.2. The minimum Gasteiger partial charge on any atom is -0.382 e. The second-order valence-electron chi connectivity index (χ2n) is 5.64. The highest BCUT2D eigenvalue weighted by atomic mass is 35.5. The first-order valence-electron chi connectivity index (χ1n) is 6.99. The van der Waals surface area contributed by atoms with Crippen LogP contribution >= 0.6 is 22.9 Å². The number of thiazole rings is 1. The Bertz CT molecular complexity index is 566. The number of aromatic nitrogens is 1. The molecule has 0 aliphatic heterocycles. The largest absolute Gasteiger partial charge is 0.382 e. The van der Waals surface area contributed by atoms with Crippen LogP contribution in [0.4, 0.5) is 5.69 Å². The third kappa shape index (κ3) is 2.87. The summed E-state index contributed by atoms with van der Waals surface area (Å²) in [6, 6.07) is 4.01. The highest BCUT2D eigenvalue weighted by Crippen LogP contribution is 2.34. The van der Waals surface area contributed by atoms with Crippen LogP contribution < -0.4 is 5.32 Å². The van der Waals surface area contributed by atoms with E-state index in [1.807, 2.05) is 17.6 Å². The van der Waals surface area contributed by atoms with Crippen LogP contribution in [0.2, 0.25) is 5.02 Å². The Labute approximate surface area is 123 Å². The number of halogens is 1. The molecule has 1 aliphatic rings. The topological polar surface area (TPSA) is 24.9 Å². The summed E-state index contributed by atoms with van der Waals surface area (Å²) in [4.78, 5) is 4.43. The highest BCUT2D eigenvalue weighted by molar-refractivity contribution is 7.16. The molecular formula is C15H19ClN2S. The molecule has 102 valence electrons. The first kappa shape index (κ1) is 13.2. The third-order valence-corrected chi connectivity index (χ3v) is 5.17. The van der Waals surface area contributed by atoms with E-state index in [9.17, 15) is 0 Å². The fourth-order valence-electron chi connectivity index (χ4n) is 3.07. The number of rotatable bonds is 3. The van der Waals surface area contributed by atoms with Crippen LogP contribution in [0.3, 0.4) is 0 Å². The maximum absolute atomic E-state index is 6.31. The van der Waals surface area contributed by atoms with Crippen LogP contribution in [0.5, 0.6) is 0 Å². The highest BCUT2D eigenvalue weighted by Gasteiger charge is 2.19. The molecule has 1 aromatic carbocycles. The molecule has 1 aliphatic carbocycles. The lowest BCUT2D eigenvalue weighted by molar-refractivity contribution is 0.293. The van der Waals surface area contributed by atoms with Gasteiger partial charge in [0.05, 0.1) is 20.9 Å². The van der Waals surface area contributed by atoms with Crippen molar-refractivity contribution in [3.05, 3.63) is 22.7 Å². The van der Waals surface area contributed by atoms with Crippen molar-refractivity contribution in [1.82, 2.24) is 4.98 Å². The number of hydrogen-bond donors (Lipinski definition) is 1. The second-order valence-corrected chi connectivity index (χ2v) is 6.93. The molecule has 2 nitrogen and oxygen atoms in total. The fourth-order valence-corrected chi connectivity index (χ4v) is 3.97. The monoisotopic (exact) mass is 294 g/mol. The maximum atomic E-state index is 6.31. The van der Waals surface area contributed by atoms with Gasteiger partial charge in [0.1, 0.15) is 5.52 Å². The van der Waals surface area contributed by atoms with Crippen LogP contribution in [0, 0.1) is 11.8 Å². The summed E-state index contributed by atoms with van der Waals surface area (Å²) in [7, 11) is 0. The molecule has 1 saturated carbocycles. The van der Waals surface area contributed by atoms with Gasteiger partial charge in [0.15, 0.2) is 0 Å². The quantitative estimate of drug-likeness (QED) is 0.843. The Morgan fingerprint density at radius 1 is 1.42 bits per heavy atom. The molecule has 3 rings (SSSR count). The molecule has 0 amide bonds. The molecule has 0 bridgehead atoms. The van der Waals surface area contributed by atoms with E-state index in [1.165, 1.54) is 30.4 Å². The van der Waals surface area contributed by atoms with Gasteiger partial charge in [0, 0.05) is 6.54 Å². The standard InChI is InChI=1S/C15H19ClN2S/c1-10-3-2-4-11(7-10)8-17-14-12(16)5-6-13-15(14)18-9-19-13/h5-6,9-11,17H,2-4,7-8H2,1H3. The maximum Gasteiger partial charge on any atom is 0.106 e. The van der Waals surface area contributed by atoms with Crippen LogP contribution in [-0.4, -0.2) is 11.5 Å². The van der Waals surface area contributed by atoms with E-state index < -0.39 is 0 Å². The summed E-state index contributed by atoms with van der Waals surface area (Å²) in [5, 5.41) is 4.32. The van der Waals surface area contributed by atoms with Crippen molar-refractivity contribution >= 4 is 38.8 Å². The predicted molar refractivity (Wildman–Crippen MR) is 84.2 cm³/mol. The summed E-state index contributed by atoms with van der Waals surface area (Å²) in [6.45, 7) is 3.38. The number of nitrogens with zero attached hydrogens (tertiary/aromatic N) is 1. The Kier molecular flexibility index (Phi) is 3.94. The lowest BCUT2D eigenvalue weighted by Gasteiger charge is -2.27. The van der Waals surface area contributed by atoms with Gasteiger partial charge in [-0.15, -0.1) is 11.3 Å². The van der Waals surface area contributed by atoms with Crippen molar-refractivity contribution in [1.29, 1.82) is 0 Å². The second kappa shape index (κ2) is 5.68. The first-order valence-corrected chi connectivity index (χ1v) is 8.25. The molecule has 2 unspecified atom stereocenters. The van der Waals surface area contributed by atoms with E-state index in [-0.39, 0.29) is 0 Å². The van der Waals surface area contributed by atoms with Crippen LogP contribution in [0.25, 0.3) is 10.2 Å². The smallest absolute Gasteiger partial charge is 0.106 e. The molecule has 2 atom stereocenters. The van der Waals surface area contributed by atoms with Gasteiger partial charge in [-0.1, -0.05) is 31.4 Å². The third-order valence-electron chi connectivity index (χ3n) is 4.06. The normalized spacial score (nSPS) is 23.7. The predicted octanol–water partition coefficient (Wildman–Crippen LogP) is 5.19. The average molecular weight is 295 g/mol. The molecule has 1 heterocycles. The Morgan fingerprint density at radius 3 is 3.16 bits per heavy atom. The van der Waals surface area contributed by atoms with Gasteiger partial charge < -0.3 is 5.32 Å². The lowest BCUT2D eigenvalue weighted by Crippen LogP contribution is -2.21. The zero-order valence-corrected chi connectivity index (χ0v) is 12.7. The van der Waals surface area contributed by atoms with Gasteiger partial charge in [-0.3, -0.25) is 0 Å². The van der Waals surface area contributed by atoms with Gasteiger partial charge in [0.25, 0.3) is 0 Å². The van der Waals surface area contributed by atoms with E-state index in [0.29, 0.717) is 0 Å². The Hall–Kier alpha value is -0.800. The molecule has 2 aromatic rings. The number of nitrogens with one attached hydrogen (secondary N) is 1. The van der Waals surface area contributed by atoms with Crippen molar-refractivity contribution < 1.29 is 0 Å². The molecule has 4 heteroatoms. The van der Waals surface area contributed by atoms with E-state index in [0.717, 1.165) is 34.6 Å². The SMILES string of the molecule is CC1CCCC(CNc2c(Cl)ccc3scnc23)C1. The number of benzene rings is 1. The van der Waals surface area contributed by atoms with Crippen molar-refractivity contribution in [3.8, 4) is 0 Å². The minimum absolute atomic E-state index is 0.772.